The largest absolute Gasteiger partial charge is 0.394 e. The molecule has 1 aliphatic rings. The number of aliphatic hydroxyl groups excluding tert-OH is 1. The minimum absolute atomic E-state index is 0.00955. The molecule has 2 N–H and O–H groups in total. The molecule has 3 rings (SSSR count). The van der Waals surface area contributed by atoms with E-state index in [1.54, 1.807) is 0 Å². The zero-order chi connectivity index (χ0) is 11.7. The van der Waals surface area contributed by atoms with E-state index in [2.05, 4.69) is 16.4 Å². The lowest BCUT2D eigenvalue weighted by atomic mass is 10.1. The second kappa shape index (κ2) is 4.09. The van der Waals surface area contributed by atoms with Gasteiger partial charge in [-0.1, -0.05) is 18.2 Å². The Hall–Kier alpha value is -1.45. The molecule has 3 heteroatoms. The van der Waals surface area contributed by atoms with Gasteiger partial charge in [0, 0.05) is 23.7 Å². The van der Waals surface area contributed by atoms with Gasteiger partial charge in [0.05, 0.1) is 12.1 Å². The Morgan fingerprint density at radius 1 is 1.24 bits per heavy atom. The lowest BCUT2D eigenvalue weighted by Gasteiger charge is -2.15. The van der Waals surface area contributed by atoms with Crippen LogP contribution in [0.2, 0.25) is 0 Å². The summed E-state index contributed by atoms with van der Waals surface area (Å²) in [5, 5.41) is 13.9. The number of hydrogen-bond acceptors (Lipinski definition) is 3. The van der Waals surface area contributed by atoms with Gasteiger partial charge in [-0.25, -0.2) is 0 Å². The lowest BCUT2D eigenvalue weighted by molar-refractivity contribution is 0.230. The summed E-state index contributed by atoms with van der Waals surface area (Å²) in [5.74, 6) is 0. The van der Waals surface area contributed by atoms with Gasteiger partial charge < -0.3 is 10.4 Å². The fourth-order valence-electron chi connectivity index (χ4n) is 2.13. The van der Waals surface area contributed by atoms with Crippen molar-refractivity contribution in [3.63, 3.8) is 0 Å². The molecule has 88 valence electrons. The molecule has 0 aliphatic heterocycles. The molecule has 0 atom stereocenters. The normalized spacial score (nSPS) is 17.2. The average Bonchev–Trinajstić information content (AvgIpc) is 3.17. The average molecular weight is 228 g/mol. The predicted molar refractivity (Wildman–Crippen MR) is 67.6 cm³/mol. The SMILES string of the molecule is OCC1(NCc2ccnc3ccccc23)CC1. The van der Waals surface area contributed by atoms with Crippen molar-refractivity contribution < 1.29 is 5.11 Å². The van der Waals surface area contributed by atoms with Gasteiger partial charge in [0.2, 0.25) is 0 Å². The number of pyridine rings is 1. The molecular weight excluding hydrogens is 212 g/mol. The molecule has 0 saturated heterocycles. The molecule has 0 amide bonds. The zero-order valence-electron chi connectivity index (χ0n) is 9.69. The first-order valence-electron chi connectivity index (χ1n) is 6.02. The molecule has 1 fully saturated rings. The smallest absolute Gasteiger partial charge is 0.0705 e. The van der Waals surface area contributed by atoms with Crippen LogP contribution in [0, 0.1) is 0 Å². The van der Waals surface area contributed by atoms with Gasteiger partial charge >= 0.3 is 0 Å². The van der Waals surface area contributed by atoms with Gasteiger partial charge in [-0.05, 0) is 30.5 Å². The highest BCUT2D eigenvalue weighted by molar-refractivity contribution is 5.81. The highest BCUT2D eigenvalue weighted by Crippen LogP contribution is 2.35. The second-order valence-corrected chi connectivity index (χ2v) is 4.78. The summed E-state index contributed by atoms with van der Waals surface area (Å²) in [6.07, 6.45) is 4.00. The van der Waals surface area contributed by atoms with Crippen LogP contribution in [0.4, 0.5) is 0 Å². The van der Waals surface area contributed by atoms with Crippen LogP contribution in [-0.2, 0) is 6.54 Å². The van der Waals surface area contributed by atoms with Crippen molar-refractivity contribution in [3.8, 4) is 0 Å². The number of nitrogens with one attached hydrogen (secondary N) is 1. The first kappa shape index (κ1) is 10.7. The molecule has 0 spiro atoms. The Morgan fingerprint density at radius 3 is 2.82 bits per heavy atom. The number of para-hydroxylation sites is 1. The van der Waals surface area contributed by atoms with E-state index in [0.29, 0.717) is 0 Å². The number of aromatic nitrogens is 1. The quantitative estimate of drug-likeness (QED) is 0.839. The highest BCUT2D eigenvalue weighted by atomic mass is 16.3. The Labute approximate surface area is 100 Å². The van der Waals surface area contributed by atoms with Crippen LogP contribution in [0.15, 0.2) is 36.5 Å². The summed E-state index contributed by atoms with van der Waals surface area (Å²) >= 11 is 0. The Bertz CT molecular complexity index is 529. The third kappa shape index (κ3) is 2.04. The van der Waals surface area contributed by atoms with E-state index in [-0.39, 0.29) is 12.1 Å². The molecule has 1 aliphatic carbocycles. The van der Waals surface area contributed by atoms with Crippen molar-refractivity contribution in [2.75, 3.05) is 6.61 Å². The summed E-state index contributed by atoms with van der Waals surface area (Å²) < 4.78 is 0. The molecule has 0 bridgehead atoms. The van der Waals surface area contributed by atoms with E-state index in [9.17, 15) is 5.11 Å². The van der Waals surface area contributed by atoms with E-state index in [4.69, 9.17) is 0 Å². The maximum absolute atomic E-state index is 9.27. The number of benzene rings is 1. The summed E-state index contributed by atoms with van der Waals surface area (Å²) in [4.78, 5) is 4.34. The van der Waals surface area contributed by atoms with Gasteiger partial charge in [0.25, 0.3) is 0 Å². The Kier molecular flexibility index (Phi) is 2.57. The lowest BCUT2D eigenvalue weighted by Crippen LogP contribution is -2.34. The van der Waals surface area contributed by atoms with E-state index >= 15 is 0 Å². The van der Waals surface area contributed by atoms with Crippen molar-refractivity contribution in [1.82, 2.24) is 10.3 Å². The number of nitrogens with zero attached hydrogens (tertiary/aromatic N) is 1. The molecule has 1 aromatic heterocycles. The van der Waals surface area contributed by atoms with E-state index in [0.717, 1.165) is 24.9 Å². The Morgan fingerprint density at radius 2 is 2.06 bits per heavy atom. The number of rotatable bonds is 4. The van der Waals surface area contributed by atoms with Gasteiger partial charge in [0.1, 0.15) is 0 Å². The molecule has 1 heterocycles. The highest BCUT2D eigenvalue weighted by Gasteiger charge is 2.41. The monoisotopic (exact) mass is 228 g/mol. The molecule has 0 radical (unpaired) electrons. The maximum atomic E-state index is 9.27. The fraction of sp³-hybridized carbons (Fsp3) is 0.357. The van der Waals surface area contributed by atoms with Crippen LogP contribution >= 0.6 is 0 Å². The van der Waals surface area contributed by atoms with Gasteiger partial charge in [0.15, 0.2) is 0 Å². The van der Waals surface area contributed by atoms with Gasteiger partial charge in [-0.15, -0.1) is 0 Å². The fourth-order valence-corrected chi connectivity index (χ4v) is 2.13. The van der Waals surface area contributed by atoms with Crippen molar-refractivity contribution in [2.45, 2.75) is 24.9 Å². The van der Waals surface area contributed by atoms with Crippen molar-refractivity contribution in [1.29, 1.82) is 0 Å². The third-order valence-electron chi connectivity index (χ3n) is 3.55. The summed E-state index contributed by atoms with van der Waals surface area (Å²) in [6.45, 7) is 1.03. The number of fused-ring (bicyclic) bond motifs is 1. The first-order chi connectivity index (χ1) is 8.33. The summed E-state index contributed by atoms with van der Waals surface area (Å²) in [5.41, 5.74) is 2.26. The molecule has 17 heavy (non-hydrogen) atoms. The topological polar surface area (TPSA) is 45.1 Å². The van der Waals surface area contributed by atoms with Gasteiger partial charge in [-0.2, -0.15) is 0 Å². The second-order valence-electron chi connectivity index (χ2n) is 4.78. The minimum Gasteiger partial charge on any atom is -0.394 e. The van der Waals surface area contributed by atoms with E-state index < -0.39 is 0 Å². The summed E-state index contributed by atoms with van der Waals surface area (Å²) in [7, 11) is 0. The molecular formula is C14H16N2O. The first-order valence-corrected chi connectivity index (χ1v) is 6.02. The van der Waals surface area contributed by atoms with Gasteiger partial charge in [-0.3, -0.25) is 4.98 Å². The third-order valence-corrected chi connectivity index (χ3v) is 3.55. The van der Waals surface area contributed by atoms with Crippen LogP contribution in [-0.4, -0.2) is 22.2 Å². The van der Waals surface area contributed by atoms with Crippen molar-refractivity contribution in [3.05, 3.63) is 42.1 Å². The van der Waals surface area contributed by atoms with Crippen LogP contribution in [0.1, 0.15) is 18.4 Å². The van der Waals surface area contributed by atoms with E-state index in [1.165, 1.54) is 10.9 Å². The molecule has 1 saturated carbocycles. The van der Waals surface area contributed by atoms with Crippen LogP contribution in [0.3, 0.4) is 0 Å². The predicted octanol–water partition coefficient (Wildman–Crippen LogP) is 1.85. The Balaban J connectivity index is 1.85. The van der Waals surface area contributed by atoms with Crippen molar-refractivity contribution >= 4 is 10.9 Å². The number of aliphatic hydroxyl groups is 1. The molecule has 0 unspecified atom stereocenters. The van der Waals surface area contributed by atoms with Crippen LogP contribution in [0.25, 0.3) is 10.9 Å². The zero-order valence-corrected chi connectivity index (χ0v) is 9.69. The summed E-state index contributed by atoms with van der Waals surface area (Å²) in [6, 6.07) is 10.2. The van der Waals surface area contributed by atoms with E-state index in [1.807, 2.05) is 30.5 Å². The van der Waals surface area contributed by atoms with Crippen molar-refractivity contribution in [2.24, 2.45) is 0 Å². The van der Waals surface area contributed by atoms with Crippen LogP contribution in [0.5, 0.6) is 0 Å². The standard InChI is InChI=1S/C14H16N2O/c17-10-14(6-7-14)16-9-11-5-8-15-13-4-2-1-3-12(11)13/h1-5,8,16-17H,6-7,9-10H2. The van der Waals surface area contributed by atoms with Crippen LogP contribution < -0.4 is 5.32 Å². The number of hydrogen-bond donors (Lipinski definition) is 2. The molecule has 3 nitrogen and oxygen atoms in total. The molecule has 1 aromatic carbocycles. The maximum Gasteiger partial charge on any atom is 0.0705 e. The minimum atomic E-state index is -0.00955. The molecule has 2 aromatic rings.